The molecule has 1 heterocycles. The standard InChI is InChI=1S/C28H20F4N2O4S2/c1-15(17-3-2-4-18(13-17)19-7-10-22(29)21(14-19)28(30,31)32)24-25(36)34(27(39)40-24)12-11-23(35)33-20-8-5-16(6-9-20)26(37)38/h2-10,13-14H,11-12H2,1H3,(H,33,35)(H,37,38)/b24-15-. The monoisotopic (exact) mass is 588 g/mol. The van der Waals surface area contributed by atoms with Crippen LogP contribution in [0.25, 0.3) is 16.7 Å². The molecule has 6 nitrogen and oxygen atoms in total. The Kier molecular flexibility index (Phi) is 8.40. The van der Waals surface area contributed by atoms with Crippen molar-refractivity contribution in [3.8, 4) is 11.1 Å². The lowest BCUT2D eigenvalue weighted by molar-refractivity contribution is -0.140. The number of aromatic carboxylic acids is 1. The number of nitrogens with zero attached hydrogens (tertiary/aromatic N) is 1. The highest BCUT2D eigenvalue weighted by Crippen LogP contribution is 2.38. The number of rotatable bonds is 7. The molecule has 2 amide bonds. The van der Waals surface area contributed by atoms with Crippen LogP contribution in [0.4, 0.5) is 23.2 Å². The van der Waals surface area contributed by atoms with Crippen molar-refractivity contribution < 1.29 is 37.1 Å². The van der Waals surface area contributed by atoms with Gasteiger partial charge in [0.15, 0.2) is 0 Å². The molecule has 0 aromatic heterocycles. The summed E-state index contributed by atoms with van der Waals surface area (Å²) >= 11 is 6.41. The summed E-state index contributed by atoms with van der Waals surface area (Å²) in [5.74, 6) is -3.26. The molecule has 0 unspecified atom stereocenters. The molecule has 0 atom stereocenters. The number of anilines is 1. The zero-order valence-electron chi connectivity index (χ0n) is 20.7. The summed E-state index contributed by atoms with van der Waals surface area (Å²) in [5, 5.41) is 11.6. The highest BCUT2D eigenvalue weighted by atomic mass is 32.2. The van der Waals surface area contributed by atoms with Crippen molar-refractivity contribution in [1.82, 2.24) is 4.90 Å². The molecule has 0 aliphatic carbocycles. The van der Waals surface area contributed by atoms with Gasteiger partial charge in [-0.05, 0) is 71.7 Å². The Labute approximate surface area is 235 Å². The maximum Gasteiger partial charge on any atom is 0.419 e. The largest absolute Gasteiger partial charge is 0.478 e. The number of halogens is 4. The van der Waals surface area contributed by atoms with Crippen LogP contribution in [-0.2, 0) is 15.8 Å². The van der Waals surface area contributed by atoms with E-state index in [1.54, 1.807) is 31.2 Å². The molecule has 0 radical (unpaired) electrons. The Morgan fingerprint density at radius 3 is 2.33 bits per heavy atom. The number of benzene rings is 3. The van der Waals surface area contributed by atoms with E-state index >= 15 is 0 Å². The number of thioether (sulfide) groups is 1. The zero-order valence-corrected chi connectivity index (χ0v) is 22.3. The first kappa shape index (κ1) is 29.0. The summed E-state index contributed by atoms with van der Waals surface area (Å²) in [5.41, 5.74) is 0.799. The lowest BCUT2D eigenvalue weighted by atomic mass is 9.98. The molecule has 0 spiro atoms. The van der Waals surface area contributed by atoms with Crippen LogP contribution in [0.1, 0.15) is 34.8 Å². The molecule has 4 rings (SSSR count). The van der Waals surface area contributed by atoms with Crippen molar-refractivity contribution in [2.45, 2.75) is 19.5 Å². The number of carbonyl (C=O) groups excluding carboxylic acids is 2. The first-order valence-corrected chi connectivity index (χ1v) is 12.9. The third-order valence-corrected chi connectivity index (χ3v) is 7.62. The third-order valence-electron chi connectivity index (χ3n) is 6.07. The van der Waals surface area contributed by atoms with Crippen LogP contribution < -0.4 is 5.32 Å². The maximum absolute atomic E-state index is 13.7. The SMILES string of the molecule is C/C(=C1/SC(=S)N(CCC(=O)Nc2ccc(C(=O)O)cc2)C1=O)c1cccc(-c2ccc(F)c(C(F)(F)F)c2)c1. The fourth-order valence-electron chi connectivity index (χ4n) is 3.94. The molecule has 0 bridgehead atoms. The topological polar surface area (TPSA) is 86.7 Å². The number of carboxylic acid groups (broad SMARTS) is 1. The number of carbonyl (C=O) groups is 3. The summed E-state index contributed by atoms with van der Waals surface area (Å²) in [6, 6.07) is 14.9. The summed E-state index contributed by atoms with van der Waals surface area (Å²) in [6.07, 6.45) is -4.91. The lowest BCUT2D eigenvalue weighted by Crippen LogP contribution is -2.31. The quantitative estimate of drug-likeness (QED) is 0.179. The molecule has 1 fully saturated rings. The van der Waals surface area contributed by atoms with E-state index in [9.17, 15) is 31.9 Å². The van der Waals surface area contributed by atoms with Gasteiger partial charge in [-0.15, -0.1) is 0 Å². The normalized spacial score (nSPS) is 14.9. The van der Waals surface area contributed by atoms with Gasteiger partial charge in [-0.25, -0.2) is 9.18 Å². The van der Waals surface area contributed by atoms with Crippen molar-refractivity contribution in [2.75, 3.05) is 11.9 Å². The Bertz CT molecular complexity index is 1550. The molecule has 12 heteroatoms. The Morgan fingerprint density at radius 1 is 1.00 bits per heavy atom. The predicted octanol–water partition coefficient (Wildman–Crippen LogP) is 6.83. The fraction of sp³-hybridized carbons (Fsp3) is 0.143. The number of amides is 2. The predicted molar refractivity (Wildman–Crippen MR) is 148 cm³/mol. The van der Waals surface area contributed by atoms with Crippen LogP contribution in [-0.4, -0.2) is 38.7 Å². The minimum absolute atomic E-state index is 0.0102. The first-order valence-electron chi connectivity index (χ1n) is 11.7. The van der Waals surface area contributed by atoms with Gasteiger partial charge in [0.05, 0.1) is 16.0 Å². The number of carboxylic acids is 1. The van der Waals surface area contributed by atoms with E-state index in [1.807, 2.05) is 0 Å². The molecular weight excluding hydrogens is 568 g/mol. The van der Waals surface area contributed by atoms with Crippen molar-refractivity contribution in [2.24, 2.45) is 0 Å². The van der Waals surface area contributed by atoms with Crippen LogP contribution in [0.5, 0.6) is 0 Å². The van der Waals surface area contributed by atoms with E-state index in [-0.39, 0.29) is 28.4 Å². The number of nitrogens with one attached hydrogen (secondary N) is 1. The van der Waals surface area contributed by atoms with Gasteiger partial charge in [-0.1, -0.05) is 48.2 Å². The van der Waals surface area contributed by atoms with E-state index < -0.39 is 35.3 Å². The van der Waals surface area contributed by atoms with Crippen LogP contribution in [0.2, 0.25) is 0 Å². The second-order valence-electron chi connectivity index (χ2n) is 8.73. The van der Waals surface area contributed by atoms with Gasteiger partial charge in [0.2, 0.25) is 5.91 Å². The molecule has 1 aliphatic heterocycles. The number of thiocarbonyl (C=S) groups is 1. The van der Waals surface area contributed by atoms with Gasteiger partial charge in [-0.3, -0.25) is 14.5 Å². The summed E-state index contributed by atoms with van der Waals surface area (Å²) in [6.45, 7) is 1.70. The smallest absolute Gasteiger partial charge is 0.419 e. The van der Waals surface area contributed by atoms with Gasteiger partial charge in [0.1, 0.15) is 10.1 Å². The van der Waals surface area contributed by atoms with Crippen LogP contribution >= 0.6 is 24.0 Å². The molecule has 1 saturated heterocycles. The first-order chi connectivity index (χ1) is 18.8. The molecule has 0 saturated carbocycles. The number of alkyl halides is 3. The van der Waals surface area contributed by atoms with Gasteiger partial charge in [0, 0.05) is 18.7 Å². The Morgan fingerprint density at radius 2 is 1.68 bits per heavy atom. The fourth-order valence-corrected chi connectivity index (χ4v) is 5.29. The van der Waals surface area contributed by atoms with E-state index in [1.165, 1.54) is 35.2 Å². The molecule has 40 heavy (non-hydrogen) atoms. The highest BCUT2D eigenvalue weighted by Gasteiger charge is 2.35. The Hall–Kier alpha value is -4.03. The van der Waals surface area contributed by atoms with Crippen LogP contribution in [0.3, 0.4) is 0 Å². The second-order valence-corrected chi connectivity index (χ2v) is 10.4. The van der Waals surface area contributed by atoms with E-state index in [4.69, 9.17) is 17.3 Å². The highest BCUT2D eigenvalue weighted by molar-refractivity contribution is 8.26. The minimum atomic E-state index is -4.84. The Balaban J connectivity index is 1.48. The van der Waals surface area contributed by atoms with Crippen molar-refractivity contribution in [3.63, 3.8) is 0 Å². The van der Waals surface area contributed by atoms with Gasteiger partial charge < -0.3 is 10.4 Å². The molecule has 3 aromatic rings. The molecule has 3 aromatic carbocycles. The summed E-state index contributed by atoms with van der Waals surface area (Å²) in [7, 11) is 0. The van der Waals surface area contributed by atoms with Gasteiger partial charge in [0.25, 0.3) is 5.91 Å². The minimum Gasteiger partial charge on any atom is -0.478 e. The molecule has 206 valence electrons. The van der Waals surface area contributed by atoms with Crippen LogP contribution in [0.15, 0.2) is 71.6 Å². The maximum atomic E-state index is 13.7. The van der Waals surface area contributed by atoms with Crippen molar-refractivity contribution in [3.05, 3.63) is 94.1 Å². The summed E-state index contributed by atoms with van der Waals surface area (Å²) in [4.78, 5) is 38.1. The van der Waals surface area contributed by atoms with Crippen molar-refractivity contribution >= 4 is 57.3 Å². The van der Waals surface area contributed by atoms with E-state index in [2.05, 4.69) is 5.32 Å². The average molecular weight is 589 g/mol. The third kappa shape index (κ3) is 6.40. The van der Waals surface area contributed by atoms with Gasteiger partial charge >= 0.3 is 12.1 Å². The average Bonchev–Trinajstić information content (AvgIpc) is 3.19. The number of hydrogen-bond donors (Lipinski definition) is 2. The molecule has 1 aliphatic rings. The van der Waals surface area contributed by atoms with E-state index in [0.29, 0.717) is 27.3 Å². The number of hydrogen-bond acceptors (Lipinski definition) is 5. The molecule has 2 N–H and O–H groups in total. The van der Waals surface area contributed by atoms with Crippen molar-refractivity contribution in [1.29, 1.82) is 0 Å². The lowest BCUT2D eigenvalue weighted by Gasteiger charge is -2.14. The van der Waals surface area contributed by atoms with Crippen LogP contribution in [0, 0.1) is 5.82 Å². The second kappa shape index (κ2) is 11.6. The van der Waals surface area contributed by atoms with E-state index in [0.717, 1.165) is 23.9 Å². The molecular formula is C28H20F4N2O4S2. The zero-order chi connectivity index (χ0) is 29.2. The summed E-state index contributed by atoms with van der Waals surface area (Å²) < 4.78 is 53.6. The number of allylic oxidation sites excluding steroid dienone is 1. The van der Waals surface area contributed by atoms with Gasteiger partial charge in [-0.2, -0.15) is 13.2 Å².